The molecule has 34 heavy (non-hydrogen) atoms. The first-order valence-corrected chi connectivity index (χ1v) is 13.0. The molecule has 2 aromatic rings. The number of carbonyl (C=O) groups is 1. The third-order valence-electron chi connectivity index (χ3n) is 9.00. The molecule has 7 heteroatoms. The summed E-state index contributed by atoms with van der Waals surface area (Å²) in [7, 11) is 1.84. The Kier molecular flexibility index (Phi) is 6.27. The Bertz CT molecular complexity index is 1130. The molecular formula is C27H39N5O2. The maximum atomic E-state index is 13.3. The lowest BCUT2D eigenvalue weighted by atomic mass is 9.71. The summed E-state index contributed by atoms with van der Waals surface area (Å²) in [5, 5.41) is 11.4. The quantitative estimate of drug-likeness (QED) is 0.648. The minimum Gasteiger partial charge on any atom is -0.328 e. The standard InChI is InChI=1S/C27H39N5O2/c1-14-6-7-18(25(33)31-27-29-22-8-15(2)16(3)9-23(22)30-27)11-20(14)21-12-19-13-28-17(4)10-24(19)32(5)26(21)34/h10,12-16,18,20,22-23,27,29-30H,6-9,11H2,1-5H3,(H,31,33). The molecule has 7 unspecified atom stereocenters. The molecule has 0 bridgehead atoms. The summed E-state index contributed by atoms with van der Waals surface area (Å²) in [5.74, 6) is 1.85. The molecule has 2 aromatic heterocycles. The second-order valence-electron chi connectivity index (χ2n) is 11.4. The van der Waals surface area contributed by atoms with Crippen molar-refractivity contribution in [2.45, 2.75) is 84.1 Å². The molecule has 7 atom stereocenters. The van der Waals surface area contributed by atoms with Crippen molar-refractivity contribution in [2.24, 2.45) is 30.7 Å². The highest BCUT2D eigenvalue weighted by molar-refractivity contribution is 5.80. The van der Waals surface area contributed by atoms with Crippen LogP contribution in [0.5, 0.6) is 0 Å². The van der Waals surface area contributed by atoms with E-state index in [-0.39, 0.29) is 29.6 Å². The lowest BCUT2D eigenvalue weighted by Crippen LogP contribution is -2.51. The van der Waals surface area contributed by atoms with Crippen molar-refractivity contribution in [3.05, 3.63) is 39.9 Å². The van der Waals surface area contributed by atoms with Crippen LogP contribution in [-0.4, -0.2) is 33.8 Å². The van der Waals surface area contributed by atoms with Gasteiger partial charge in [0, 0.05) is 47.9 Å². The second-order valence-corrected chi connectivity index (χ2v) is 11.4. The summed E-state index contributed by atoms with van der Waals surface area (Å²) in [6.45, 7) is 8.80. The van der Waals surface area contributed by atoms with Crippen LogP contribution in [-0.2, 0) is 11.8 Å². The van der Waals surface area contributed by atoms with Gasteiger partial charge < -0.3 is 9.88 Å². The second kappa shape index (κ2) is 9.08. The molecule has 1 amide bonds. The first-order valence-electron chi connectivity index (χ1n) is 13.0. The highest BCUT2D eigenvalue weighted by Crippen LogP contribution is 2.40. The lowest BCUT2D eigenvalue weighted by Gasteiger charge is -2.34. The van der Waals surface area contributed by atoms with Crippen molar-refractivity contribution >= 4 is 16.8 Å². The minimum atomic E-state index is -0.166. The fraction of sp³-hybridized carbons (Fsp3) is 0.667. The van der Waals surface area contributed by atoms with Crippen LogP contribution in [0.2, 0.25) is 0 Å². The number of amides is 1. The first-order chi connectivity index (χ1) is 16.2. The van der Waals surface area contributed by atoms with Crippen LogP contribution < -0.4 is 21.5 Å². The molecule has 7 nitrogen and oxygen atoms in total. The Hall–Kier alpha value is -2.25. The van der Waals surface area contributed by atoms with Gasteiger partial charge in [-0.2, -0.15) is 0 Å². The molecule has 2 saturated carbocycles. The lowest BCUT2D eigenvalue weighted by molar-refractivity contribution is -0.127. The normalized spacial score (nSPS) is 35.8. The minimum absolute atomic E-state index is 0.0439. The van der Waals surface area contributed by atoms with E-state index in [2.05, 4.69) is 41.7 Å². The van der Waals surface area contributed by atoms with E-state index in [1.165, 1.54) is 0 Å². The number of fused-ring (bicyclic) bond motifs is 2. The van der Waals surface area contributed by atoms with E-state index in [0.717, 1.165) is 47.8 Å². The third-order valence-corrected chi connectivity index (χ3v) is 9.00. The van der Waals surface area contributed by atoms with Crippen molar-refractivity contribution < 1.29 is 4.79 Å². The van der Waals surface area contributed by atoms with Gasteiger partial charge in [0.05, 0.1) is 5.52 Å². The molecule has 3 N–H and O–H groups in total. The molecule has 2 aliphatic carbocycles. The van der Waals surface area contributed by atoms with Crippen molar-refractivity contribution in [2.75, 3.05) is 0 Å². The maximum Gasteiger partial charge on any atom is 0.254 e. The van der Waals surface area contributed by atoms with Gasteiger partial charge >= 0.3 is 0 Å². The van der Waals surface area contributed by atoms with Crippen molar-refractivity contribution in [1.82, 2.24) is 25.5 Å². The third kappa shape index (κ3) is 4.29. The highest BCUT2D eigenvalue weighted by Gasteiger charge is 2.41. The van der Waals surface area contributed by atoms with Gasteiger partial charge in [-0.1, -0.05) is 20.8 Å². The van der Waals surface area contributed by atoms with Crippen LogP contribution in [0, 0.1) is 30.6 Å². The molecule has 5 rings (SSSR count). The summed E-state index contributed by atoms with van der Waals surface area (Å²) in [6.07, 6.45) is 6.50. The number of nitrogens with one attached hydrogen (secondary N) is 3. The molecule has 1 saturated heterocycles. The molecule has 3 aliphatic rings. The summed E-state index contributed by atoms with van der Waals surface area (Å²) in [5.41, 5.74) is 2.66. The number of nitrogens with zero attached hydrogens (tertiary/aromatic N) is 2. The number of hydrogen-bond donors (Lipinski definition) is 3. The number of rotatable bonds is 3. The van der Waals surface area contributed by atoms with Crippen molar-refractivity contribution in [3.8, 4) is 0 Å². The first kappa shape index (κ1) is 23.5. The number of hydrogen-bond acceptors (Lipinski definition) is 5. The Morgan fingerprint density at radius 2 is 1.71 bits per heavy atom. The van der Waals surface area contributed by atoms with Crippen LogP contribution in [0.15, 0.2) is 23.1 Å². The highest BCUT2D eigenvalue weighted by atomic mass is 16.2. The van der Waals surface area contributed by atoms with Crippen LogP contribution in [0.4, 0.5) is 0 Å². The fourth-order valence-electron chi connectivity index (χ4n) is 6.53. The van der Waals surface area contributed by atoms with Gasteiger partial charge in [0.25, 0.3) is 5.56 Å². The molecule has 1 aliphatic heterocycles. The monoisotopic (exact) mass is 465 g/mol. The largest absolute Gasteiger partial charge is 0.328 e. The molecule has 3 fully saturated rings. The van der Waals surface area contributed by atoms with Gasteiger partial charge in [-0.25, -0.2) is 0 Å². The summed E-state index contributed by atoms with van der Waals surface area (Å²) in [6, 6.07) is 4.82. The van der Waals surface area contributed by atoms with Gasteiger partial charge in [0.2, 0.25) is 5.91 Å². The fourth-order valence-corrected chi connectivity index (χ4v) is 6.53. The molecule has 0 aromatic carbocycles. The van der Waals surface area contributed by atoms with Crippen molar-refractivity contribution in [1.29, 1.82) is 0 Å². The van der Waals surface area contributed by atoms with E-state index in [4.69, 9.17) is 0 Å². The predicted octanol–water partition coefficient (Wildman–Crippen LogP) is 3.16. The van der Waals surface area contributed by atoms with Crippen LogP contribution >= 0.6 is 0 Å². The van der Waals surface area contributed by atoms with E-state index < -0.39 is 0 Å². The maximum absolute atomic E-state index is 13.3. The average Bonchev–Trinajstić information content (AvgIpc) is 3.18. The number of aryl methyl sites for hydroxylation is 2. The van der Waals surface area contributed by atoms with Gasteiger partial charge in [-0.05, 0) is 74.8 Å². The number of pyridine rings is 2. The van der Waals surface area contributed by atoms with E-state index in [1.54, 1.807) is 4.57 Å². The SMILES string of the molecule is Cc1cc2c(cn1)cc(C1CC(C(=O)NC3NC4CC(C)C(C)CC4N3)CCC1C)c(=O)n2C. The van der Waals surface area contributed by atoms with E-state index >= 15 is 0 Å². The predicted molar refractivity (Wildman–Crippen MR) is 134 cm³/mol. The van der Waals surface area contributed by atoms with Crippen LogP contribution in [0.25, 0.3) is 10.9 Å². The van der Waals surface area contributed by atoms with Gasteiger partial charge in [0.1, 0.15) is 6.29 Å². The molecule has 0 spiro atoms. The molecule has 3 heterocycles. The molecular weight excluding hydrogens is 426 g/mol. The Labute approximate surface area is 202 Å². The smallest absolute Gasteiger partial charge is 0.254 e. The summed E-state index contributed by atoms with van der Waals surface area (Å²) < 4.78 is 1.74. The Morgan fingerprint density at radius 1 is 1.03 bits per heavy atom. The van der Waals surface area contributed by atoms with Gasteiger partial charge in [-0.3, -0.25) is 25.2 Å². The number of carbonyl (C=O) groups excluding carboxylic acids is 1. The summed E-state index contributed by atoms with van der Waals surface area (Å²) >= 11 is 0. The van der Waals surface area contributed by atoms with Gasteiger partial charge in [0.15, 0.2) is 0 Å². The molecule has 184 valence electrons. The Morgan fingerprint density at radius 3 is 2.38 bits per heavy atom. The van der Waals surface area contributed by atoms with Gasteiger partial charge in [-0.15, -0.1) is 0 Å². The van der Waals surface area contributed by atoms with Crippen LogP contribution in [0.1, 0.15) is 70.1 Å². The van der Waals surface area contributed by atoms with Crippen molar-refractivity contribution in [3.63, 3.8) is 0 Å². The number of aromatic nitrogens is 2. The van der Waals surface area contributed by atoms with Crippen LogP contribution in [0.3, 0.4) is 0 Å². The average molecular weight is 466 g/mol. The van der Waals surface area contributed by atoms with E-state index in [1.807, 2.05) is 32.3 Å². The van der Waals surface area contributed by atoms with E-state index in [0.29, 0.717) is 36.3 Å². The van der Waals surface area contributed by atoms with E-state index in [9.17, 15) is 9.59 Å². The topological polar surface area (TPSA) is 88.1 Å². The zero-order valence-electron chi connectivity index (χ0n) is 21.1. The summed E-state index contributed by atoms with van der Waals surface area (Å²) in [4.78, 5) is 31.0. The molecule has 0 radical (unpaired) electrons. The Balaban J connectivity index is 1.31. The zero-order chi connectivity index (χ0) is 24.1. The zero-order valence-corrected chi connectivity index (χ0v) is 21.1.